The maximum absolute atomic E-state index is 12.2. The Hall–Kier alpha value is -2.71. The number of benzene rings is 1. The van der Waals surface area contributed by atoms with Crippen molar-refractivity contribution >= 4 is 45.3 Å². The van der Waals surface area contributed by atoms with Gasteiger partial charge in [-0.25, -0.2) is 4.98 Å². The van der Waals surface area contributed by atoms with Gasteiger partial charge in [-0.15, -0.1) is 22.7 Å². The third-order valence-corrected chi connectivity index (χ3v) is 5.74. The van der Waals surface area contributed by atoms with Gasteiger partial charge in [0.2, 0.25) is 0 Å². The predicted octanol–water partition coefficient (Wildman–Crippen LogP) is 4.26. The molecular weight excluding hydrogens is 382 g/mol. The van der Waals surface area contributed by atoms with Crippen LogP contribution in [0.25, 0.3) is 11.3 Å². The molecule has 0 spiro atoms. The smallest absolute Gasteiger partial charge is 0.267 e. The molecule has 0 saturated carbocycles. The van der Waals surface area contributed by atoms with Crippen molar-refractivity contribution in [3.8, 4) is 17.0 Å². The zero-order chi connectivity index (χ0) is 18.8. The third kappa shape index (κ3) is 3.58. The standard InChI is InChI=1S/C19H17N3O3S2/c1-2-7-22-14-9-12(5-6-15(14)25-10-17(22)23)13-11-27-19(20-13)21-18(24)16-4-3-8-26-16/h3-6,8-9,11H,2,7,10H2,1H3,(H,20,21,24). The molecule has 138 valence electrons. The fourth-order valence-corrected chi connectivity index (χ4v) is 4.19. The van der Waals surface area contributed by atoms with Gasteiger partial charge in [-0.3, -0.25) is 14.9 Å². The van der Waals surface area contributed by atoms with Gasteiger partial charge in [-0.05, 0) is 36.1 Å². The van der Waals surface area contributed by atoms with Crippen molar-refractivity contribution in [3.63, 3.8) is 0 Å². The molecule has 0 bridgehead atoms. The maximum Gasteiger partial charge on any atom is 0.267 e. The monoisotopic (exact) mass is 399 g/mol. The average Bonchev–Trinajstić information content (AvgIpc) is 3.36. The maximum atomic E-state index is 12.2. The molecule has 6 nitrogen and oxygen atoms in total. The summed E-state index contributed by atoms with van der Waals surface area (Å²) in [7, 11) is 0. The van der Waals surface area contributed by atoms with E-state index in [1.807, 2.05) is 41.9 Å². The molecule has 3 heterocycles. The van der Waals surface area contributed by atoms with Gasteiger partial charge in [-0.1, -0.05) is 13.0 Å². The van der Waals surface area contributed by atoms with Crippen LogP contribution in [0.15, 0.2) is 41.1 Å². The van der Waals surface area contributed by atoms with E-state index in [2.05, 4.69) is 10.3 Å². The van der Waals surface area contributed by atoms with Gasteiger partial charge in [0.25, 0.3) is 11.8 Å². The summed E-state index contributed by atoms with van der Waals surface area (Å²) >= 11 is 2.76. The molecule has 0 aliphatic carbocycles. The van der Waals surface area contributed by atoms with Crippen LogP contribution >= 0.6 is 22.7 Å². The summed E-state index contributed by atoms with van der Waals surface area (Å²) in [4.78, 5) is 31.3. The fraction of sp³-hybridized carbons (Fsp3) is 0.211. The van der Waals surface area contributed by atoms with E-state index in [9.17, 15) is 9.59 Å². The molecule has 1 aliphatic heterocycles. The van der Waals surface area contributed by atoms with Gasteiger partial charge in [0.05, 0.1) is 16.3 Å². The number of nitrogens with zero attached hydrogens (tertiary/aromatic N) is 2. The number of fused-ring (bicyclic) bond motifs is 1. The Bertz CT molecular complexity index is 982. The normalized spacial score (nSPS) is 13.2. The predicted molar refractivity (Wildman–Crippen MR) is 108 cm³/mol. The minimum Gasteiger partial charge on any atom is -0.482 e. The van der Waals surface area contributed by atoms with E-state index < -0.39 is 0 Å². The van der Waals surface area contributed by atoms with Crippen LogP contribution in [0.3, 0.4) is 0 Å². The number of amides is 2. The van der Waals surface area contributed by atoms with Crippen LogP contribution in [0.4, 0.5) is 10.8 Å². The molecule has 27 heavy (non-hydrogen) atoms. The number of ether oxygens (including phenoxy) is 1. The number of hydrogen-bond acceptors (Lipinski definition) is 6. The number of carbonyl (C=O) groups is 2. The van der Waals surface area contributed by atoms with Crippen molar-refractivity contribution < 1.29 is 14.3 Å². The lowest BCUT2D eigenvalue weighted by atomic mass is 10.1. The summed E-state index contributed by atoms with van der Waals surface area (Å²) in [5.41, 5.74) is 2.39. The van der Waals surface area contributed by atoms with Crippen molar-refractivity contribution in [3.05, 3.63) is 46.0 Å². The Kier molecular flexibility index (Phi) is 4.91. The highest BCUT2D eigenvalue weighted by Gasteiger charge is 2.25. The van der Waals surface area contributed by atoms with Crippen molar-refractivity contribution in [1.82, 2.24) is 4.98 Å². The lowest BCUT2D eigenvalue weighted by molar-refractivity contribution is -0.121. The molecule has 3 aromatic rings. The highest BCUT2D eigenvalue weighted by Crippen LogP contribution is 2.37. The number of anilines is 2. The first-order chi connectivity index (χ1) is 13.2. The van der Waals surface area contributed by atoms with E-state index in [4.69, 9.17) is 4.74 Å². The lowest BCUT2D eigenvalue weighted by Gasteiger charge is -2.29. The van der Waals surface area contributed by atoms with Crippen LogP contribution in [-0.4, -0.2) is 29.9 Å². The number of thiazole rings is 1. The molecule has 1 aromatic carbocycles. The molecule has 0 fully saturated rings. The Morgan fingerprint density at radius 1 is 1.33 bits per heavy atom. The first kappa shape index (κ1) is 17.7. The highest BCUT2D eigenvalue weighted by molar-refractivity contribution is 7.14. The lowest BCUT2D eigenvalue weighted by Crippen LogP contribution is -2.39. The first-order valence-corrected chi connectivity index (χ1v) is 10.3. The molecule has 1 N–H and O–H groups in total. The van der Waals surface area contributed by atoms with E-state index in [0.29, 0.717) is 22.3 Å². The van der Waals surface area contributed by atoms with E-state index in [1.165, 1.54) is 22.7 Å². The molecule has 0 atom stereocenters. The fourth-order valence-electron chi connectivity index (χ4n) is 2.86. The number of carbonyl (C=O) groups excluding carboxylic acids is 2. The second kappa shape index (κ2) is 7.50. The van der Waals surface area contributed by atoms with E-state index in [1.54, 1.807) is 11.0 Å². The highest BCUT2D eigenvalue weighted by atomic mass is 32.1. The Balaban J connectivity index is 1.58. The van der Waals surface area contributed by atoms with E-state index in [0.717, 1.165) is 23.4 Å². The summed E-state index contributed by atoms with van der Waals surface area (Å²) in [6.45, 7) is 2.76. The van der Waals surface area contributed by atoms with Crippen LogP contribution in [0.5, 0.6) is 5.75 Å². The van der Waals surface area contributed by atoms with E-state index in [-0.39, 0.29) is 18.4 Å². The largest absolute Gasteiger partial charge is 0.482 e. The summed E-state index contributed by atoms with van der Waals surface area (Å²) < 4.78 is 5.54. The molecule has 4 rings (SSSR count). The van der Waals surface area contributed by atoms with Gasteiger partial charge in [0.15, 0.2) is 11.7 Å². The van der Waals surface area contributed by atoms with Crippen molar-refractivity contribution in [2.24, 2.45) is 0 Å². The van der Waals surface area contributed by atoms with E-state index >= 15 is 0 Å². The van der Waals surface area contributed by atoms with Crippen LogP contribution in [-0.2, 0) is 4.79 Å². The zero-order valence-electron chi connectivity index (χ0n) is 14.6. The number of rotatable bonds is 5. The van der Waals surface area contributed by atoms with Gasteiger partial charge in [-0.2, -0.15) is 0 Å². The summed E-state index contributed by atoms with van der Waals surface area (Å²) in [5.74, 6) is 0.501. The molecule has 1 aliphatic rings. The van der Waals surface area contributed by atoms with Crippen molar-refractivity contribution in [1.29, 1.82) is 0 Å². The number of hydrogen-bond donors (Lipinski definition) is 1. The number of nitrogens with one attached hydrogen (secondary N) is 1. The second-order valence-electron chi connectivity index (χ2n) is 5.99. The van der Waals surface area contributed by atoms with Crippen molar-refractivity contribution in [2.45, 2.75) is 13.3 Å². The molecule has 0 unspecified atom stereocenters. The van der Waals surface area contributed by atoms with Gasteiger partial charge in [0, 0.05) is 17.5 Å². The van der Waals surface area contributed by atoms with Gasteiger partial charge < -0.3 is 9.64 Å². The average molecular weight is 399 g/mol. The van der Waals surface area contributed by atoms with Crippen LogP contribution in [0.1, 0.15) is 23.0 Å². The van der Waals surface area contributed by atoms with Crippen LogP contribution < -0.4 is 15.0 Å². The van der Waals surface area contributed by atoms with Gasteiger partial charge >= 0.3 is 0 Å². The Labute approximate surface area is 164 Å². The minimum atomic E-state index is -0.163. The van der Waals surface area contributed by atoms with Crippen molar-refractivity contribution in [2.75, 3.05) is 23.4 Å². The first-order valence-electron chi connectivity index (χ1n) is 8.53. The topological polar surface area (TPSA) is 71.5 Å². The summed E-state index contributed by atoms with van der Waals surface area (Å²) in [6.07, 6.45) is 0.866. The molecule has 2 amide bonds. The number of thiophene rings is 1. The molecule has 0 radical (unpaired) electrons. The Morgan fingerprint density at radius 2 is 2.22 bits per heavy atom. The third-order valence-electron chi connectivity index (χ3n) is 4.11. The quantitative estimate of drug-likeness (QED) is 0.696. The van der Waals surface area contributed by atoms with Crippen LogP contribution in [0.2, 0.25) is 0 Å². The molecular formula is C19H17N3O3S2. The summed E-state index contributed by atoms with van der Waals surface area (Å²) in [5, 5.41) is 7.12. The number of aromatic nitrogens is 1. The van der Waals surface area contributed by atoms with Crippen LogP contribution in [0, 0.1) is 0 Å². The SMILES string of the molecule is CCCN1C(=O)COc2ccc(-c3csc(NC(=O)c4cccs4)n3)cc21. The minimum absolute atomic E-state index is 0.0383. The Morgan fingerprint density at radius 3 is 3.00 bits per heavy atom. The van der Waals surface area contributed by atoms with Gasteiger partial charge in [0.1, 0.15) is 5.75 Å². The molecule has 0 saturated heterocycles. The summed E-state index contributed by atoms with van der Waals surface area (Å²) in [6, 6.07) is 9.31. The zero-order valence-corrected chi connectivity index (χ0v) is 16.2. The molecule has 8 heteroatoms. The second-order valence-corrected chi connectivity index (χ2v) is 7.79. The molecule has 2 aromatic heterocycles.